The van der Waals surface area contributed by atoms with Crippen molar-refractivity contribution >= 4 is 28.4 Å². The van der Waals surface area contributed by atoms with Crippen molar-refractivity contribution in [2.75, 3.05) is 6.54 Å². The second-order valence-corrected chi connectivity index (χ2v) is 6.05. The molecule has 0 aliphatic carbocycles. The fraction of sp³-hybridized carbons (Fsp3) is 0.158. The number of aromatic amines is 1. The third kappa shape index (κ3) is 4.03. The molecule has 122 valence electrons. The van der Waals surface area contributed by atoms with Gasteiger partial charge in [-0.3, -0.25) is 9.59 Å². The summed E-state index contributed by atoms with van der Waals surface area (Å²) < 4.78 is 0. The van der Waals surface area contributed by atoms with Gasteiger partial charge in [0.15, 0.2) is 0 Å². The van der Waals surface area contributed by atoms with Gasteiger partial charge in [-0.05, 0) is 41.6 Å². The van der Waals surface area contributed by atoms with Crippen molar-refractivity contribution in [1.82, 2.24) is 10.3 Å². The number of hydrogen-bond acceptors (Lipinski definition) is 2. The third-order valence-corrected chi connectivity index (χ3v) is 4.08. The molecule has 0 unspecified atom stereocenters. The van der Waals surface area contributed by atoms with Crippen LogP contribution < -0.4 is 10.9 Å². The molecule has 2 N–H and O–H groups in total. The van der Waals surface area contributed by atoms with Gasteiger partial charge in [-0.25, -0.2) is 0 Å². The first kappa shape index (κ1) is 16.3. The van der Waals surface area contributed by atoms with Gasteiger partial charge in [0.1, 0.15) is 0 Å². The lowest BCUT2D eigenvalue weighted by Gasteiger charge is -2.06. The van der Waals surface area contributed by atoms with Gasteiger partial charge in [0.2, 0.25) is 5.91 Å². The Labute approximate surface area is 144 Å². The predicted octanol–water partition coefficient (Wildman–Crippen LogP) is 3.08. The minimum atomic E-state index is -0.221. The molecule has 24 heavy (non-hydrogen) atoms. The first-order valence-corrected chi connectivity index (χ1v) is 8.12. The molecule has 1 aromatic heterocycles. The number of nitrogens with one attached hydrogen (secondary N) is 2. The number of amides is 1. The highest BCUT2D eigenvalue weighted by Gasteiger charge is 2.08. The van der Waals surface area contributed by atoms with Gasteiger partial charge in [-0.15, -0.1) is 0 Å². The summed E-state index contributed by atoms with van der Waals surface area (Å²) in [4.78, 5) is 26.9. The van der Waals surface area contributed by atoms with Crippen LogP contribution in [-0.2, 0) is 17.6 Å². The van der Waals surface area contributed by atoms with E-state index in [1.807, 2.05) is 48.5 Å². The first-order chi connectivity index (χ1) is 11.6. The molecule has 1 amide bonds. The molecule has 2 aromatic carbocycles. The van der Waals surface area contributed by atoms with Crippen molar-refractivity contribution in [3.63, 3.8) is 0 Å². The average Bonchev–Trinajstić information content (AvgIpc) is 2.57. The minimum absolute atomic E-state index is 0.0702. The number of carbonyl (C=O) groups excluding carboxylic acids is 1. The van der Waals surface area contributed by atoms with Crippen LogP contribution >= 0.6 is 11.6 Å². The zero-order valence-corrected chi connectivity index (χ0v) is 13.8. The van der Waals surface area contributed by atoms with Crippen LogP contribution in [0.1, 0.15) is 11.1 Å². The van der Waals surface area contributed by atoms with Gasteiger partial charge in [0.05, 0.1) is 6.42 Å². The van der Waals surface area contributed by atoms with Crippen LogP contribution in [0.15, 0.2) is 59.4 Å². The normalized spacial score (nSPS) is 10.7. The molecule has 0 saturated heterocycles. The molecule has 0 atom stereocenters. The van der Waals surface area contributed by atoms with E-state index in [-0.39, 0.29) is 17.9 Å². The van der Waals surface area contributed by atoms with Crippen molar-refractivity contribution in [2.24, 2.45) is 0 Å². The van der Waals surface area contributed by atoms with Gasteiger partial charge in [-0.1, -0.05) is 41.9 Å². The third-order valence-electron chi connectivity index (χ3n) is 3.83. The van der Waals surface area contributed by atoms with Crippen LogP contribution in [-0.4, -0.2) is 17.4 Å². The number of aromatic nitrogens is 1. The molecule has 0 spiro atoms. The Morgan fingerprint density at radius 1 is 1.08 bits per heavy atom. The summed E-state index contributed by atoms with van der Waals surface area (Å²) in [6, 6.07) is 16.8. The van der Waals surface area contributed by atoms with Crippen molar-refractivity contribution in [3.8, 4) is 0 Å². The smallest absolute Gasteiger partial charge is 0.252 e. The van der Waals surface area contributed by atoms with Crippen LogP contribution in [0.3, 0.4) is 0 Å². The van der Waals surface area contributed by atoms with E-state index in [0.29, 0.717) is 17.1 Å². The predicted molar refractivity (Wildman–Crippen MR) is 96.4 cm³/mol. The van der Waals surface area contributed by atoms with Gasteiger partial charge < -0.3 is 10.3 Å². The van der Waals surface area contributed by atoms with E-state index in [9.17, 15) is 9.59 Å². The Morgan fingerprint density at radius 2 is 1.83 bits per heavy atom. The second kappa shape index (κ2) is 7.32. The Balaban J connectivity index is 1.59. The van der Waals surface area contributed by atoms with Crippen LogP contribution in [0.5, 0.6) is 0 Å². The molecule has 0 bridgehead atoms. The van der Waals surface area contributed by atoms with Crippen molar-refractivity contribution in [1.29, 1.82) is 0 Å². The van der Waals surface area contributed by atoms with E-state index in [1.165, 1.54) is 0 Å². The molecule has 4 nitrogen and oxygen atoms in total. The Bertz CT molecular complexity index is 917. The van der Waals surface area contributed by atoms with E-state index in [1.54, 1.807) is 6.07 Å². The SMILES string of the molecule is O=C(Cc1cc2ccccc2[nH]c1=O)NCCc1ccc(Cl)cc1. The summed E-state index contributed by atoms with van der Waals surface area (Å²) in [5.41, 5.74) is 2.12. The largest absolute Gasteiger partial charge is 0.355 e. The zero-order valence-electron chi connectivity index (χ0n) is 13.0. The van der Waals surface area contributed by atoms with E-state index in [2.05, 4.69) is 10.3 Å². The highest BCUT2D eigenvalue weighted by atomic mass is 35.5. The van der Waals surface area contributed by atoms with Gasteiger partial charge in [-0.2, -0.15) is 0 Å². The highest BCUT2D eigenvalue weighted by Crippen LogP contribution is 2.11. The van der Waals surface area contributed by atoms with Crippen LogP contribution in [0, 0.1) is 0 Å². The number of carbonyl (C=O) groups is 1. The summed E-state index contributed by atoms with van der Waals surface area (Å²) in [5.74, 6) is -0.162. The second-order valence-electron chi connectivity index (χ2n) is 5.61. The maximum absolute atomic E-state index is 12.1. The Kier molecular flexibility index (Phi) is 4.96. The Morgan fingerprint density at radius 3 is 2.62 bits per heavy atom. The first-order valence-electron chi connectivity index (χ1n) is 7.74. The zero-order chi connectivity index (χ0) is 16.9. The summed E-state index contributed by atoms with van der Waals surface area (Å²) in [7, 11) is 0. The number of para-hydroxylation sites is 1. The lowest BCUT2D eigenvalue weighted by Crippen LogP contribution is -2.29. The summed E-state index contributed by atoms with van der Waals surface area (Å²) in [6.45, 7) is 0.520. The van der Waals surface area contributed by atoms with Crippen LogP contribution in [0.4, 0.5) is 0 Å². The number of halogens is 1. The van der Waals surface area contributed by atoms with Crippen LogP contribution in [0.2, 0.25) is 5.02 Å². The monoisotopic (exact) mass is 340 g/mol. The van der Waals surface area contributed by atoms with E-state index < -0.39 is 0 Å². The maximum atomic E-state index is 12.1. The molecular formula is C19H17ClN2O2. The Hall–Kier alpha value is -2.59. The fourth-order valence-corrected chi connectivity index (χ4v) is 2.68. The summed E-state index contributed by atoms with van der Waals surface area (Å²) in [5, 5.41) is 4.46. The quantitative estimate of drug-likeness (QED) is 0.749. The van der Waals surface area contributed by atoms with Crippen molar-refractivity contribution in [3.05, 3.63) is 81.1 Å². The average molecular weight is 341 g/mol. The molecule has 3 aromatic rings. The number of fused-ring (bicyclic) bond motifs is 1. The lowest BCUT2D eigenvalue weighted by atomic mass is 10.1. The molecule has 0 saturated carbocycles. The molecule has 0 radical (unpaired) electrons. The summed E-state index contributed by atoms with van der Waals surface area (Å²) in [6.07, 6.45) is 0.789. The standard InChI is InChI=1S/C19H17ClN2O2/c20-16-7-5-13(6-8-16)9-10-21-18(23)12-15-11-14-3-1-2-4-17(14)22-19(15)24/h1-8,11H,9-10,12H2,(H,21,23)(H,22,24). The summed E-state index contributed by atoms with van der Waals surface area (Å²) >= 11 is 5.84. The molecule has 3 rings (SSSR count). The number of H-pyrrole nitrogens is 1. The molecule has 5 heteroatoms. The molecular weight excluding hydrogens is 324 g/mol. The van der Waals surface area contributed by atoms with Gasteiger partial charge in [0, 0.05) is 22.6 Å². The topological polar surface area (TPSA) is 62.0 Å². The van der Waals surface area contributed by atoms with Gasteiger partial charge >= 0.3 is 0 Å². The van der Waals surface area contributed by atoms with E-state index in [0.717, 1.165) is 22.9 Å². The fourth-order valence-electron chi connectivity index (χ4n) is 2.56. The molecule has 0 aliphatic heterocycles. The number of rotatable bonds is 5. The van der Waals surface area contributed by atoms with Crippen molar-refractivity contribution in [2.45, 2.75) is 12.8 Å². The van der Waals surface area contributed by atoms with E-state index >= 15 is 0 Å². The minimum Gasteiger partial charge on any atom is -0.355 e. The van der Waals surface area contributed by atoms with E-state index in [4.69, 9.17) is 11.6 Å². The van der Waals surface area contributed by atoms with Crippen LogP contribution in [0.25, 0.3) is 10.9 Å². The lowest BCUT2D eigenvalue weighted by molar-refractivity contribution is -0.120. The van der Waals surface area contributed by atoms with Gasteiger partial charge in [0.25, 0.3) is 5.56 Å². The number of hydrogen-bond donors (Lipinski definition) is 2. The molecule has 0 aliphatic rings. The van der Waals surface area contributed by atoms with Crippen molar-refractivity contribution < 1.29 is 4.79 Å². The number of benzene rings is 2. The molecule has 0 fully saturated rings. The molecule has 1 heterocycles. The number of pyridine rings is 1. The maximum Gasteiger partial charge on any atom is 0.252 e. The highest BCUT2D eigenvalue weighted by molar-refractivity contribution is 6.30.